The minimum atomic E-state index is 0.357. The first-order chi connectivity index (χ1) is 8.69. The van der Waals surface area contributed by atoms with Crippen LogP contribution in [-0.4, -0.2) is 29.1 Å². The predicted molar refractivity (Wildman–Crippen MR) is 75.9 cm³/mol. The Morgan fingerprint density at radius 3 is 2.39 bits per heavy atom. The van der Waals surface area contributed by atoms with Crippen molar-refractivity contribution in [3.05, 3.63) is 29.8 Å². The number of aromatic hydroxyl groups is 1. The van der Waals surface area contributed by atoms with E-state index < -0.39 is 0 Å². The van der Waals surface area contributed by atoms with Crippen LogP contribution in [0.1, 0.15) is 38.7 Å². The summed E-state index contributed by atoms with van der Waals surface area (Å²) < 4.78 is 0. The van der Waals surface area contributed by atoms with Gasteiger partial charge in [-0.15, -0.1) is 0 Å². The molecule has 1 saturated heterocycles. The summed E-state index contributed by atoms with van der Waals surface area (Å²) in [5.41, 5.74) is 1.32. The Balaban J connectivity index is 1.85. The fourth-order valence-electron chi connectivity index (χ4n) is 2.90. The molecule has 18 heavy (non-hydrogen) atoms. The summed E-state index contributed by atoms with van der Waals surface area (Å²) in [6, 6.07) is 8.23. The van der Waals surface area contributed by atoms with E-state index in [9.17, 15) is 5.11 Å². The number of rotatable bonds is 4. The molecule has 1 fully saturated rings. The van der Waals surface area contributed by atoms with Crippen LogP contribution < -0.4 is 0 Å². The van der Waals surface area contributed by atoms with Crippen LogP contribution in [-0.2, 0) is 6.42 Å². The summed E-state index contributed by atoms with van der Waals surface area (Å²) >= 11 is 0. The Morgan fingerprint density at radius 2 is 1.83 bits per heavy atom. The second kappa shape index (κ2) is 6.24. The first-order valence-corrected chi connectivity index (χ1v) is 7.21. The monoisotopic (exact) mass is 247 g/mol. The van der Waals surface area contributed by atoms with Gasteiger partial charge in [-0.1, -0.05) is 25.5 Å². The molecule has 0 saturated carbocycles. The van der Waals surface area contributed by atoms with Crippen LogP contribution in [0.2, 0.25) is 0 Å². The van der Waals surface area contributed by atoms with Crippen LogP contribution in [0, 0.1) is 5.92 Å². The van der Waals surface area contributed by atoms with E-state index in [-0.39, 0.29) is 0 Å². The quantitative estimate of drug-likeness (QED) is 0.881. The van der Waals surface area contributed by atoms with Crippen molar-refractivity contribution >= 4 is 0 Å². The topological polar surface area (TPSA) is 23.5 Å². The third-order valence-electron chi connectivity index (χ3n) is 4.32. The number of benzene rings is 1. The molecular weight excluding hydrogens is 222 g/mol. The maximum atomic E-state index is 9.29. The van der Waals surface area contributed by atoms with Crippen LogP contribution in [0.25, 0.3) is 0 Å². The van der Waals surface area contributed by atoms with Crippen molar-refractivity contribution in [3.8, 4) is 5.75 Å². The summed E-state index contributed by atoms with van der Waals surface area (Å²) in [5.74, 6) is 1.30. The molecule has 0 aromatic heterocycles. The predicted octanol–water partition coefficient (Wildman–Crippen LogP) is 3.45. The molecule has 1 unspecified atom stereocenters. The number of nitrogens with zero attached hydrogens (tertiary/aromatic N) is 1. The molecule has 0 bridgehead atoms. The first kappa shape index (κ1) is 13.4. The van der Waals surface area contributed by atoms with Crippen LogP contribution in [0.4, 0.5) is 0 Å². The van der Waals surface area contributed by atoms with Gasteiger partial charge in [-0.25, -0.2) is 0 Å². The van der Waals surface area contributed by atoms with Gasteiger partial charge in [-0.3, -0.25) is 0 Å². The van der Waals surface area contributed by atoms with Gasteiger partial charge in [0.1, 0.15) is 5.75 Å². The van der Waals surface area contributed by atoms with Gasteiger partial charge in [0.25, 0.3) is 0 Å². The molecule has 2 heteroatoms. The zero-order chi connectivity index (χ0) is 13.0. The second-order valence-corrected chi connectivity index (χ2v) is 5.61. The molecule has 2 rings (SSSR count). The molecule has 100 valence electrons. The van der Waals surface area contributed by atoms with Gasteiger partial charge in [0.05, 0.1) is 0 Å². The molecule has 1 aliphatic heterocycles. The fourth-order valence-corrected chi connectivity index (χ4v) is 2.90. The van der Waals surface area contributed by atoms with Gasteiger partial charge in [-0.2, -0.15) is 0 Å². The number of hydrogen-bond acceptors (Lipinski definition) is 2. The Labute approximate surface area is 111 Å². The van der Waals surface area contributed by atoms with Crippen LogP contribution in [0.5, 0.6) is 5.75 Å². The van der Waals surface area contributed by atoms with Crippen molar-refractivity contribution in [1.82, 2.24) is 4.90 Å². The van der Waals surface area contributed by atoms with Crippen molar-refractivity contribution in [2.24, 2.45) is 5.92 Å². The van der Waals surface area contributed by atoms with E-state index in [4.69, 9.17) is 0 Å². The van der Waals surface area contributed by atoms with Crippen LogP contribution in [0.15, 0.2) is 24.3 Å². The summed E-state index contributed by atoms with van der Waals surface area (Å²) in [4.78, 5) is 2.61. The molecular formula is C16H25NO. The first-order valence-electron chi connectivity index (χ1n) is 7.21. The smallest absolute Gasteiger partial charge is 0.115 e. The highest BCUT2D eigenvalue weighted by atomic mass is 16.3. The average molecular weight is 247 g/mol. The number of phenols is 1. The van der Waals surface area contributed by atoms with Gasteiger partial charge in [0.2, 0.25) is 0 Å². The fraction of sp³-hybridized carbons (Fsp3) is 0.625. The number of piperidine rings is 1. The van der Waals surface area contributed by atoms with Gasteiger partial charge in [0.15, 0.2) is 0 Å². The Kier molecular flexibility index (Phi) is 4.65. The molecule has 1 atom stereocenters. The largest absolute Gasteiger partial charge is 0.508 e. The van der Waals surface area contributed by atoms with Crippen molar-refractivity contribution in [2.75, 3.05) is 13.1 Å². The molecule has 0 radical (unpaired) electrons. The lowest BCUT2D eigenvalue weighted by molar-refractivity contribution is 0.138. The summed E-state index contributed by atoms with van der Waals surface area (Å²) in [5, 5.41) is 9.29. The molecule has 1 aromatic rings. The van der Waals surface area contributed by atoms with E-state index in [2.05, 4.69) is 18.7 Å². The lowest BCUT2D eigenvalue weighted by Gasteiger charge is -2.36. The van der Waals surface area contributed by atoms with E-state index in [1.165, 1.54) is 37.9 Å². The summed E-state index contributed by atoms with van der Waals surface area (Å²) in [6.07, 6.45) is 5.13. The molecule has 0 amide bonds. The van der Waals surface area contributed by atoms with E-state index in [1.54, 1.807) is 12.1 Å². The molecule has 1 aliphatic rings. The lowest BCUT2D eigenvalue weighted by Crippen LogP contribution is -2.40. The molecule has 0 spiro atoms. The molecule has 2 nitrogen and oxygen atoms in total. The van der Waals surface area contributed by atoms with E-state index in [0.29, 0.717) is 11.8 Å². The third-order valence-corrected chi connectivity index (χ3v) is 4.32. The Morgan fingerprint density at radius 1 is 1.22 bits per heavy atom. The maximum absolute atomic E-state index is 9.29. The minimum Gasteiger partial charge on any atom is -0.508 e. The molecule has 0 aliphatic carbocycles. The van der Waals surface area contributed by atoms with Crippen molar-refractivity contribution < 1.29 is 5.11 Å². The zero-order valence-corrected chi connectivity index (χ0v) is 11.6. The SMILES string of the molecule is CCC1CCN(C(C)Cc2ccc(O)cc2)CC1. The van der Waals surface area contributed by atoms with Crippen LogP contribution >= 0.6 is 0 Å². The van der Waals surface area contributed by atoms with Gasteiger partial charge in [-0.05, 0) is 62.9 Å². The minimum absolute atomic E-state index is 0.357. The average Bonchev–Trinajstić information content (AvgIpc) is 2.41. The summed E-state index contributed by atoms with van der Waals surface area (Å²) in [7, 11) is 0. The van der Waals surface area contributed by atoms with Gasteiger partial charge < -0.3 is 10.0 Å². The van der Waals surface area contributed by atoms with Gasteiger partial charge >= 0.3 is 0 Å². The standard InChI is InChI=1S/C16H25NO/c1-3-14-8-10-17(11-9-14)13(2)12-15-4-6-16(18)7-5-15/h4-7,13-14,18H,3,8-12H2,1-2H3. The normalized spacial score (nSPS) is 19.9. The molecule has 1 heterocycles. The van der Waals surface area contributed by atoms with Crippen LogP contribution in [0.3, 0.4) is 0 Å². The highest BCUT2D eigenvalue weighted by molar-refractivity contribution is 5.26. The van der Waals surface area contributed by atoms with Gasteiger partial charge in [0, 0.05) is 6.04 Å². The Hall–Kier alpha value is -1.02. The molecule has 1 aromatic carbocycles. The number of likely N-dealkylation sites (tertiary alicyclic amines) is 1. The summed E-state index contributed by atoms with van der Waals surface area (Å²) in [6.45, 7) is 7.12. The third kappa shape index (κ3) is 3.49. The van der Waals surface area contributed by atoms with Crippen molar-refractivity contribution in [3.63, 3.8) is 0 Å². The van der Waals surface area contributed by atoms with Crippen molar-refractivity contribution in [2.45, 2.75) is 45.6 Å². The van der Waals surface area contributed by atoms with E-state index >= 15 is 0 Å². The Bertz CT molecular complexity index is 352. The number of phenolic OH excluding ortho intramolecular Hbond substituents is 1. The highest BCUT2D eigenvalue weighted by Crippen LogP contribution is 2.22. The second-order valence-electron chi connectivity index (χ2n) is 5.61. The highest BCUT2D eigenvalue weighted by Gasteiger charge is 2.21. The van der Waals surface area contributed by atoms with Crippen molar-refractivity contribution in [1.29, 1.82) is 0 Å². The lowest BCUT2D eigenvalue weighted by atomic mass is 9.93. The molecule has 1 N–H and O–H groups in total. The zero-order valence-electron chi connectivity index (χ0n) is 11.6. The van der Waals surface area contributed by atoms with E-state index in [0.717, 1.165) is 12.3 Å². The number of hydrogen-bond donors (Lipinski definition) is 1. The maximum Gasteiger partial charge on any atom is 0.115 e. The van der Waals surface area contributed by atoms with E-state index in [1.807, 2.05) is 12.1 Å².